The van der Waals surface area contributed by atoms with E-state index >= 15 is 0 Å². The summed E-state index contributed by atoms with van der Waals surface area (Å²) in [5, 5.41) is 0. The van der Waals surface area contributed by atoms with Gasteiger partial charge in [0, 0.05) is 25.7 Å². The van der Waals surface area contributed by atoms with Crippen LogP contribution in [-0.4, -0.2) is 50.3 Å². The zero-order chi connectivity index (χ0) is 15.2. The number of nitrogens with zero attached hydrogens (tertiary/aromatic N) is 1. The Morgan fingerprint density at radius 3 is 2.62 bits per heavy atom. The van der Waals surface area contributed by atoms with E-state index in [0.29, 0.717) is 44.3 Å². The van der Waals surface area contributed by atoms with Gasteiger partial charge < -0.3 is 24.8 Å². The molecule has 1 fully saturated rings. The van der Waals surface area contributed by atoms with Crippen molar-refractivity contribution in [3.05, 3.63) is 23.8 Å². The Kier molecular flexibility index (Phi) is 5.41. The number of amides is 1. The number of nitrogens with two attached hydrogens (primary N) is 1. The molecule has 1 unspecified atom stereocenters. The fourth-order valence-electron chi connectivity index (χ4n) is 2.23. The van der Waals surface area contributed by atoms with Gasteiger partial charge in [0.15, 0.2) is 6.10 Å². The normalized spacial score (nSPS) is 16.4. The summed E-state index contributed by atoms with van der Waals surface area (Å²) in [6, 6.07) is 5.43. The minimum absolute atomic E-state index is 0.0320. The highest BCUT2D eigenvalue weighted by Crippen LogP contribution is 2.23. The zero-order valence-corrected chi connectivity index (χ0v) is 12.5. The van der Waals surface area contributed by atoms with Crippen molar-refractivity contribution in [2.24, 2.45) is 5.73 Å². The Morgan fingerprint density at radius 1 is 1.33 bits per heavy atom. The summed E-state index contributed by atoms with van der Waals surface area (Å²) >= 11 is 0. The molecule has 6 heteroatoms. The first-order valence-corrected chi connectivity index (χ1v) is 7.05. The summed E-state index contributed by atoms with van der Waals surface area (Å²) in [5.74, 6) is 1.22. The van der Waals surface area contributed by atoms with Gasteiger partial charge in [-0.3, -0.25) is 4.79 Å². The molecule has 0 aliphatic carbocycles. The van der Waals surface area contributed by atoms with Gasteiger partial charge in [-0.15, -0.1) is 0 Å². The zero-order valence-electron chi connectivity index (χ0n) is 12.5. The van der Waals surface area contributed by atoms with Crippen molar-refractivity contribution in [1.82, 2.24) is 4.90 Å². The third-order valence-electron chi connectivity index (χ3n) is 3.39. The molecule has 2 rings (SSSR count). The van der Waals surface area contributed by atoms with Crippen LogP contribution in [0, 0.1) is 0 Å². The second kappa shape index (κ2) is 7.28. The molecule has 1 heterocycles. The predicted molar refractivity (Wildman–Crippen MR) is 78.4 cm³/mol. The summed E-state index contributed by atoms with van der Waals surface area (Å²) in [5.41, 5.74) is 6.55. The van der Waals surface area contributed by atoms with Crippen molar-refractivity contribution in [2.75, 3.05) is 33.4 Å². The van der Waals surface area contributed by atoms with Crippen LogP contribution >= 0.6 is 0 Å². The molecule has 0 saturated carbocycles. The van der Waals surface area contributed by atoms with Gasteiger partial charge in [-0.25, -0.2) is 0 Å². The number of benzene rings is 1. The van der Waals surface area contributed by atoms with Crippen LogP contribution in [0.15, 0.2) is 18.2 Å². The molecule has 0 bridgehead atoms. The van der Waals surface area contributed by atoms with Gasteiger partial charge in [-0.1, -0.05) is 0 Å². The summed E-state index contributed by atoms with van der Waals surface area (Å²) in [6.07, 6.45) is -0.555. The second-order valence-electron chi connectivity index (χ2n) is 4.92. The Bertz CT molecular complexity index is 464. The maximum atomic E-state index is 12.3. The average Bonchev–Trinajstić information content (AvgIpc) is 2.54. The van der Waals surface area contributed by atoms with E-state index in [1.54, 1.807) is 25.0 Å². The molecule has 1 aliphatic rings. The van der Waals surface area contributed by atoms with Crippen LogP contribution in [0.5, 0.6) is 11.5 Å². The first-order valence-electron chi connectivity index (χ1n) is 7.05. The second-order valence-corrected chi connectivity index (χ2v) is 4.92. The van der Waals surface area contributed by atoms with Gasteiger partial charge in [0.05, 0.1) is 20.3 Å². The lowest BCUT2D eigenvalue weighted by Gasteiger charge is -2.29. The fourth-order valence-corrected chi connectivity index (χ4v) is 2.23. The molecular formula is C15H22N2O4. The molecule has 1 aromatic carbocycles. The summed E-state index contributed by atoms with van der Waals surface area (Å²) in [7, 11) is 1.59. The number of hydrogen-bond acceptors (Lipinski definition) is 5. The van der Waals surface area contributed by atoms with Crippen molar-refractivity contribution < 1.29 is 19.0 Å². The van der Waals surface area contributed by atoms with Crippen molar-refractivity contribution in [3.63, 3.8) is 0 Å². The highest BCUT2D eigenvalue weighted by molar-refractivity contribution is 5.81. The standard InChI is InChI=1S/C15H22N2O4/c1-11(15(18)17-3-5-20-6-4-17)21-14-8-12(10-16)7-13(9-14)19-2/h7-9,11H,3-6,10,16H2,1-2H3. The highest BCUT2D eigenvalue weighted by Gasteiger charge is 2.23. The molecule has 1 atom stereocenters. The Balaban J connectivity index is 2.04. The molecule has 2 N–H and O–H groups in total. The van der Waals surface area contributed by atoms with Crippen LogP contribution in [0.25, 0.3) is 0 Å². The Hall–Kier alpha value is -1.79. The number of carbonyl (C=O) groups excluding carboxylic acids is 1. The summed E-state index contributed by atoms with van der Waals surface area (Å²) in [6.45, 7) is 4.51. The molecule has 0 spiro atoms. The number of rotatable bonds is 5. The quantitative estimate of drug-likeness (QED) is 0.868. The van der Waals surface area contributed by atoms with Crippen LogP contribution in [0.4, 0.5) is 0 Å². The fraction of sp³-hybridized carbons (Fsp3) is 0.533. The third kappa shape index (κ3) is 4.09. The molecule has 0 radical (unpaired) electrons. The number of morpholine rings is 1. The molecule has 1 amide bonds. The Labute approximate surface area is 124 Å². The van der Waals surface area contributed by atoms with Crippen molar-refractivity contribution in [1.29, 1.82) is 0 Å². The van der Waals surface area contributed by atoms with Gasteiger partial charge in [0.2, 0.25) is 0 Å². The van der Waals surface area contributed by atoms with Crippen molar-refractivity contribution in [3.8, 4) is 11.5 Å². The van der Waals surface area contributed by atoms with Crippen molar-refractivity contribution in [2.45, 2.75) is 19.6 Å². The largest absolute Gasteiger partial charge is 0.497 e. The number of ether oxygens (including phenoxy) is 3. The maximum Gasteiger partial charge on any atom is 0.263 e. The lowest BCUT2D eigenvalue weighted by atomic mass is 10.2. The molecule has 116 valence electrons. The van der Waals surface area contributed by atoms with E-state index < -0.39 is 6.10 Å². The molecule has 1 saturated heterocycles. The van der Waals surface area contributed by atoms with E-state index in [1.807, 2.05) is 12.1 Å². The van der Waals surface area contributed by atoms with E-state index in [0.717, 1.165) is 5.56 Å². The lowest BCUT2D eigenvalue weighted by molar-refractivity contribution is -0.142. The number of carbonyl (C=O) groups is 1. The molecule has 1 aliphatic heterocycles. The molecule has 1 aromatic rings. The van der Waals surface area contributed by atoms with E-state index in [-0.39, 0.29) is 5.91 Å². The SMILES string of the molecule is COc1cc(CN)cc(OC(C)C(=O)N2CCOCC2)c1. The van der Waals surface area contributed by atoms with Crippen LogP contribution in [-0.2, 0) is 16.1 Å². The number of methoxy groups -OCH3 is 1. The van der Waals surface area contributed by atoms with Crippen LogP contribution in [0.2, 0.25) is 0 Å². The first-order chi connectivity index (χ1) is 10.1. The van der Waals surface area contributed by atoms with Gasteiger partial charge in [0.25, 0.3) is 5.91 Å². The maximum absolute atomic E-state index is 12.3. The van der Waals surface area contributed by atoms with E-state index in [2.05, 4.69) is 0 Å². The minimum atomic E-state index is -0.555. The highest BCUT2D eigenvalue weighted by atomic mass is 16.5. The Morgan fingerprint density at radius 2 is 2.00 bits per heavy atom. The van der Waals surface area contributed by atoms with Crippen molar-refractivity contribution >= 4 is 5.91 Å². The van der Waals surface area contributed by atoms with Crippen LogP contribution in [0.1, 0.15) is 12.5 Å². The topological polar surface area (TPSA) is 74.0 Å². The summed E-state index contributed by atoms with van der Waals surface area (Å²) in [4.78, 5) is 14.1. The smallest absolute Gasteiger partial charge is 0.263 e. The van der Waals surface area contributed by atoms with Crippen LogP contribution in [0.3, 0.4) is 0 Å². The van der Waals surface area contributed by atoms with Gasteiger partial charge >= 0.3 is 0 Å². The lowest BCUT2D eigenvalue weighted by Crippen LogP contribution is -2.46. The van der Waals surface area contributed by atoms with Gasteiger partial charge in [0.1, 0.15) is 11.5 Å². The van der Waals surface area contributed by atoms with E-state index in [1.165, 1.54) is 0 Å². The van der Waals surface area contributed by atoms with Gasteiger partial charge in [-0.2, -0.15) is 0 Å². The molecule has 0 aromatic heterocycles. The van der Waals surface area contributed by atoms with Gasteiger partial charge in [-0.05, 0) is 24.6 Å². The number of hydrogen-bond donors (Lipinski definition) is 1. The molecule has 6 nitrogen and oxygen atoms in total. The first kappa shape index (κ1) is 15.6. The molecule has 21 heavy (non-hydrogen) atoms. The predicted octanol–water partition coefficient (Wildman–Crippen LogP) is 0.780. The average molecular weight is 294 g/mol. The van der Waals surface area contributed by atoms with Crippen LogP contribution < -0.4 is 15.2 Å². The molecular weight excluding hydrogens is 272 g/mol. The minimum Gasteiger partial charge on any atom is -0.497 e. The summed E-state index contributed by atoms with van der Waals surface area (Å²) < 4.78 is 16.2. The van der Waals surface area contributed by atoms with E-state index in [4.69, 9.17) is 19.9 Å². The van der Waals surface area contributed by atoms with E-state index in [9.17, 15) is 4.79 Å². The third-order valence-corrected chi connectivity index (χ3v) is 3.39. The monoisotopic (exact) mass is 294 g/mol.